The van der Waals surface area contributed by atoms with E-state index in [1.807, 2.05) is 42.5 Å². The molecule has 9 nitrogen and oxygen atoms in total. The third-order valence-electron chi connectivity index (χ3n) is 7.51. The first kappa shape index (κ1) is 34.7. The van der Waals surface area contributed by atoms with Gasteiger partial charge in [-0.15, -0.1) is 0 Å². The maximum atomic E-state index is 12.0. The molecule has 4 aromatic rings. The monoisotopic (exact) mass is 649 g/mol. The van der Waals surface area contributed by atoms with Crippen LogP contribution in [0.2, 0.25) is 0 Å². The van der Waals surface area contributed by atoms with E-state index in [-0.39, 0.29) is 16.6 Å². The number of fused-ring (bicyclic) bond motifs is 1. The standard InChI is InChI=1S/C36H43NO8S/c1-4-37(20-6-5-7-22-42-24-25-43-27(2)38)21-23-44-31-12-14-32(15-13-31)45-36-34(18-10-29-26-30(39)11-19-35(29)36)28-8-16-33(17-9-28)46(3,40)41/h8-19,26,39H,4-7,20-25H2,1-3H3. The summed E-state index contributed by atoms with van der Waals surface area (Å²) in [5.41, 5.74) is 1.60. The Balaban J connectivity index is 1.32. The highest BCUT2D eigenvalue weighted by Gasteiger charge is 2.15. The van der Waals surface area contributed by atoms with Crippen molar-refractivity contribution >= 4 is 26.6 Å². The van der Waals surface area contributed by atoms with Gasteiger partial charge in [0, 0.05) is 37.3 Å². The molecule has 0 amide bonds. The van der Waals surface area contributed by atoms with E-state index in [1.165, 1.54) is 13.2 Å². The van der Waals surface area contributed by atoms with E-state index >= 15 is 0 Å². The summed E-state index contributed by atoms with van der Waals surface area (Å²) in [7, 11) is -3.32. The zero-order valence-electron chi connectivity index (χ0n) is 26.7. The van der Waals surface area contributed by atoms with Crippen molar-refractivity contribution in [3.63, 3.8) is 0 Å². The van der Waals surface area contributed by atoms with Crippen LogP contribution in [0.4, 0.5) is 0 Å². The average molecular weight is 650 g/mol. The van der Waals surface area contributed by atoms with Gasteiger partial charge >= 0.3 is 5.97 Å². The normalized spacial score (nSPS) is 11.6. The summed E-state index contributed by atoms with van der Waals surface area (Å²) in [5, 5.41) is 11.7. The minimum atomic E-state index is -3.32. The fraction of sp³-hybridized carbons (Fsp3) is 0.361. The van der Waals surface area contributed by atoms with Gasteiger partial charge in [-0.1, -0.05) is 25.1 Å². The Labute approximate surface area is 271 Å². The molecule has 0 bridgehead atoms. The molecule has 0 aromatic heterocycles. The molecule has 4 rings (SSSR count). The summed E-state index contributed by atoms with van der Waals surface area (Å²) >= 11 is 0. The van der Waals surface area contributed by atoms with Gasteiger partial charge in [-0.25, -0.2) is 8.42 Å². The van der Waals surface area contributed by atoms with E-state index in [4.69, 9.17) is 18.9 Å². The molecule has 10 heteroatoms. The highest BCUT2D eigenvalue weighted by atomic mass is 32.2. The number of sulfone groups is 1. The Hall–Kier alpha value is -4.12. The number of esters is 1. The molecule has 0 aliphatic rings. The molecule has 1 N–H and O–H groups in total. The molecule has 0 heterocycles. The lowest BCUT2D eigenvalue weighted by molar-refractivity contribution is -0.142. The second-order valence-corrected chi connectivity index (χ2v) is 13.0. The van der Waals surface area contributed by atoms with Crippen LogP contribution < -0.4 is 9.47 Å². The lowest BCUT2D eigenvalue weighted by Gasteiger charge is -2.20. The summed E-state index contributed by atoms with van der Waals surface area (Å²) in [6.07, 6.45) is 4.30. The molecule has 0 saturated heterocycles. The molecule has 0 fully saturated rings. The maximum absolute atomic E-state index is 12.0. The molecule has 0 spiro atoms. The van der Waals surface area contributed by atoms with Crippen LogP contribution in [0.1, 0.15) is 33.1 Å². The number of carbonyl (C=O) groups is 1. The van der Waals surface area contributed by atoms with Gasteiger partial charge < -0.3 is 29.0 Å². The Morgan fingerprint density at radius 1 is 0.804 bits per heavy atom. The van der Waals surface area contributed by atoms with E-state index in [0.29, 0.717) is 37.9 Å². The zero-order chi connectivity index (χ0) is 32.9. The summed E-state index contributed by atoms with van der Waals surface area (Å²) in [6.45, 7) is 8.25. The lowest BCUT2D eigenvalue weighted by atomic mass is 9.99. The van der Waals surface area contributed by atoms with Crippen molar-refractivity contribution < 1.29 is 37.3 Å². The number of phenolic OH excluding ortho intramolecular Hbond substituents is 1. The number of likely N-dealkylation sites (N-methyl/N-ethyl adjacent to an activating group) is 1. The first-order valence-corrected chi connectivity index (χ1v) is 17.4. The fourth-order valence-corrected chi connectivity index (χ4v) is 5.64. The van der Waals surface area contributed by atoms with E-state index < -0.39 is 9.84 Å². The highest BCUT2D eigenvalue weighted by molar-refractivity contribution is 7.90. The number of hydrogen-bond donors (Lipinski definition) is 1. The maximum Gasteiger partial charge on any atom is 0.302 e. The molecular formula is C36H43NO8S. The van der Waals surface area contributed by atoms with Crippen LogP contribution in [-0.2, 0) is 24.1 Å². The molecule has 4 aromatic carbocycles. The molecule has 0 saturated carbocycles. The van der Waals surface area contributed by atoms with Crippen LogP contribution in [-0.4, -0.2) is 76.7 Å². The van der Waals surface area contributed by atoms with Gasteiger partial charge in [0.15, 0.2) is 9.84 Å². The fourth-order valence-electron chi connectivity index (χ4n) is 5.01. The first-order chi connectivity index (χ1) is 22.1. The number of phenols is 1. The average Bonchev–Trinajstić information content (AvgIpc) is 3.03. The molecule has 0 radical (unpaired) electrons. The van der Waals surface area contributed by atoms with Crippen molar-refractivity contribution in [3.8, 4) is 34.1 Å². The number of nitrogens with zero attached hydrogens (tertiary/aromatic N) is 1. The number of rotatable bonds is 18. The molecule has 0 aliphatic heterocycles. The summed E-state index contributed by atoms with van der Waals surface area (Å²) in [6, 6.07) is 23.1. The first-order valence-electron chi connectivity index (χ1n) is 15.5. The summed E-state index contributed by atoms with van der Waals surface area (Å²) in [5.74, 6) is 1.84. The number of carbonyl (C=O) groups excluding carboxylic acids is 1. The smallest absolute Gasteiger partial charge is 0.302 e. The van der Waals surface area contributed by atoms with Gasteiger partial charge in [0.05, 0.1) is 11.5 Å². The number of benzene rings is 4. The number of hydrogen-bond acceptors (Lipinski definition) is 9. The third kappa shape index (κ3) is 10.5. The SMILES string of the molecule is CCN(CCCCCOCCOC(C)=O)CCOc1ccc(Oc2c(-c3ccc(S(C)(=O)=O)cc3)ccc3cc(O)ccc23)cc1. The van der Waals surface area contributed by atoms with Gasteiger partial charge in [0.25, 0.3) is 0 Å². The number of unbranched alkanes of at least 4 members (excludes halogenated alkanes) is 2. The Kier molecular flexibility index (Phi) is 12.8. The van der Waals surface area contributed by atoms with E-state index in [2.05, 4.69) is 11.8 Å². The van der Waals surface area contributed by atoms with Crippen LogP contribution in [0, 0.1) is 0 Å². The van der Waals surface area contributed by atoms with Crippen LogP contribution in [0.15, 0.2) is 83.8 Å². The Bertz CT molecular complexity index is 1670. The molecule has 246 valence electrons. The van der Waals surface area contributed by atoms with Gasteiger partial charge in [0.2, 0.25) is 0 Å². The minimum Gasteiger partial charge on any atom is -0.508 e. The lowest BCUT2D eigenvalue weighted by Crippen LogP contribution is -2.29. The van der Waals surface area contributed by atoms with E-state index in [9.17, 15) is 18.3 Å². The molecule has 46 heavy (non-hydrogen) atoms. The molecule has 0 unspecified atom stereocenters. The van der Waals surface area contributed by atoms with Crippen LogP contribution >= 0.6 is 0 Å². The van der Waals surface area contributed by atoms with Crippen molar-refractivity contribution in [3.05, 3.63) is 78.9 Å². The quantitative estimate of drug-likeness (QED) is 0.0913. The zero-order valence-corrected chi connectivity index (χ0v) is 27.6. The van der Waals surface area contributed by atoms with Gasteiger partial charge in [-0.05, 0) is 104 Å². The summed E-state index contributed by atoms with van der Waals surface area (Å²) in [4.78, 5) is 13.4. The van der Waals surface area contributed by atoms with Crippen molar-refractivity contribution in [2.24, 2.45) is 0 Å². The van der Waals surface area contributed by atoms with Crippen molar-refractivity contribution in [1.29, 1.82) is 0 Å². The van der Waals surface area contributed by atoms with Crippen molar-refractivity contribution in [1.82, 2.24) is 4.90 Å². The molecular weight excluding hydrogens is 606 g/mol. The molecule has 0 atom stereocenters. The van der Waals surface area contributed by atoms with Crippen LogP contribution in [0.3, 0.4) is 0 Å². The second kappa shape index (κ2) is 17.0. The number of aromatic hydroxyl groups is 1. The van der Waals surface area contributed by atoms with Crippen LogP contribution in [0.5, 0.6) is 23.0 Å². The van der Waals surface area contributed by atoms with Gasteiger partial charge in [-0.2, -0.15) is 0 Å². The van der Waals surface area contributed by atoms with Crippen molar-refractivity contribution in [2.75, 3.05) is 52.3 Å². The highest BCUT2D eigenvalue weighted by Crippen LogP contribution is 2.41. The molecule has 0 aliphatic carbocycles. The van der Waals surface area contributed by atoms with Crippen molar-refractivity contribution in [2.45, 2.75) is 38.0 Å². The topological polar surface area (TPSA) is 112 Å². The van der Waals surface area contributed by atoms with Gasteiger partial charge in [-0.3, -0.25) is 4.79 Å². The Morgan fingerprint density at radius 2 is 1.54 bits per heavy atom. The van der Waals surface area contributed by atoms with E-state index in [1.54, 1.807) is 36.4 Å². The predicted molar refractivity (Wildman–Crippen MR) is 180 cm³/mol. The summed E-state index contributed by atoms with van der Waals surface area (Å²) < 4.78 is 46.8. The minimum absolute atomic E-state index is 0.158. The van der Waals surface area contributed by atoms with Crippen LogP contribution in [0.25, 0.3) is 21.9 Å². The van der Waals surface area contributed by atoms with Gasteiger partial charge in [0.1, 0.15) is 36.2 Å². The largest absolute Gasteiger partial charge is 0.508 e. The Morgan fingerprint density at radius 3 is 2.24 bits per heavy atom. The predicted octanol–water partition coefficient (Wildman–Crippen LogP) is 6.86. The third-order valence-corrected chi connectivity index (χ3v) is 8.64. The van der Waals surface area contributed by atoms with E-state index in [0.717, 1.165) is 66.5 Å². The second-order valence-electron chi connectivity index (χ2n) is 11.0. The number of ether oxygens (including phenoxy) is 4.